The molecule has 7 nitrogen and oxygen atoms in total. The summed E-state index contributed by atoms with van der Waals surface area (Å²) in [5, 5.41) is 7.29. The van der Waals surface area contributed by atoms with Gasteiger partial charge in [-0.2, -0.15) is 0 Å². The van der Waals surface area contributed by atoms with E-state index in [1.807, 2.05) is 42.5 Å². The molecule has 0 bridgehead atoms. The number of pyridine rings is 1. The van der Waals surface area contributed by atoms with Gasteiger partial charge in [0, 0.05) is 24.1 Å². The fourth-order valence-electron chi connectivity index (χ4n) is 3.65. The molecule has 1 aromatic heterocycles. The minimum Gasteiger partial charge on any atom is -0.497 e. The molecule has 4 aromatic rings. The summed E-state index contributed by atoms with van der Waals surface area (Å²) < 4.78 is 10.7. The van der Waals surface area contributed by atoms with Crippen molar-refractivity contribution in [1.29, 1.82) is 0 Å². The van der Waals surface area contributed by atoms with E-state index in [0.717, 1.165) is 32.8 Å². The summed E-state index contributed by atoms with van der Waals surface area (Å²) in [6.45, 7) is 1.43. The molecular formula is C27H25N3O4S. The molecule has 0 spiro atoms. The highest BCUT2D eigenvalue weighted by molar-refractivity contribution is 7.99. The third-order valence-corrected chi connectivity index (χ3v) is 6.13. The number of rotatable bonds is 8. The lowest BCUT2D eigenvalue weighted by molar-refractivity contribution is -0.114. The summed E-state index contributed by atoms with van der Waals surface area (Å²) in [5.74, 6) is 0.942. The van der Waals surface area contributed by atoms with Gasteiger partial charge in [0.1, 0.15) is 11.5 Å². The van der Waals surface area contributed by atoms with Gasteiger partial charge in [-0.1, -0.05) is 42.1 Å². The zero-order valence-corrected chi connectivity index (χ0v) is 20.4. The number of ether oxygens (including phenoxy) is 2. The Labute approximate surface area is 207 Å². The van der Waals surface area contributed by atoms with Crippen LogP contribution in [0.2, 0.25) is 0 Å². The van der Waals surface area contributed by atoms with Crippen molar-refractivity contribution in [2.24, 2.45) is 0 Å². The van der Waals surface area contributed by atoms with E-state index in [1.165, 1.54) is 25.8 Å². The van der Waals surface area contributed by atoms with Gasteiger partial charge in [-0.15, -0.1) is 0 Å². The monoisotopic (exact) mass is 487 g/mol. The molecule has 8 heteroatoms. The maximum absolute atomic E-state index is 12.8. The lowest BCUT2D eigenvalue weighted by atomic mass is 10.0. The Kier molecular flexibility index (Phi) is 7.52. The molecule has 0 radical (unpaired) electrons. The number of thioether (sulfide) groups is 1. The SMILES string of the molecule is COc1ccc2c(-c3ccccc3)cc(SCC(=O)Nc3cc(NC(C)=O)ccc3OC)nc2c1. The van der Waals surface area contributed by atoms with Gasteiger partial charge in [-0.05, 0) is 47.5 Å². The molecule has 0 aliphatic heterocycles. The van der Waals surface area contributed by atoms with Gasteiger partial charge in [0.2, 0.25) is 11.8 Å². The second kappa shape index (κ2) is 10.9. The van der Waals surface area contributed by atoms with Crippen LogP contribution in [0.5, 0.6) is 11.5 Å². The number of carbonyl (C=O) groups excluding carboxylic acids is 2. The van der Waals surface area contributed by atoms with E-state index in [-0.39, 0.29) is 17.6 Å². The molecule has 178 valence electrons. The van der Waals surface area contributed by atoms with Gasteiger partial charge in [0.15, 0.2) is 0 Å². The van der Waals surface area contributed by atoms with Crippen LogP contribution < -0.4 is 20.1 Å². The molecule has 0 unspecified atom stereocenters. The maximum Gasteiger partial charge on any atom is 0.234 e. The van der Waals surface area contributed by atoms with Crippen molar-refractivity contribution in [3.8, 4) is 22.6 Å². The first-order valence-electron chi connectivity index (χ1n) is 10.9. The van der Waals surface area contributed by atoms with Gasteiger partial charge < -0.3 is 20.1 Å². The Morgan fingerprint density at radius 3 is 2.43 bits per heavy atom. The fraction of sp³-hybridized carbons (Fsp3) is 0.148. The van der Waals surface area contributed by atoms with Crippen molar-refractivity contribution >= 4 is 45.9 Å². The summed E-state index contributed by atoms with van der Waals surface area (Å²) in [6, 6.07) is 22.9. The topological polar surface area (TPSA) is 89.6 Å². The van der Waals surface area contributed by atoms with Crippen molar-refractivity contribution in [3.63, 3.8) is 0 Å². The fourth-order valence-corrected chi connectivity index (χ4v) is 4.37. The van der Waals surface area contributed by atoms with E-state index in [1.54, 1.807) is 25.3 Å². The Bertz CT molecular complexity index is 1380. The molecule has 35 heavy (non-hydrogen) atoms. The van der Waals surface area contributed by atoms with Crippen LogP contribution in [-0.2, 0) is 9.59 Å². The van der Waals surface area contributed by atoms with Gasteiger partial charge >= 0.3 is 0 Å². The van der Waals surface area contributed by atoms with E-state index < -0.39 is 0 Å². The van der Waals surface area contributed by atoms with Crippen LogP contribution in [0.15, 0.2) is 77.8 Å². The Balaban J connectivity index is 1.57. The molecule has 3 aromatic carbocycles. The number of methoxy groups -OCH3 is 2. The summed E-state index contributed by atoms with van der Waals surface area (Å²) in [4.78, 5) is 28.9. The molecule has 0 saturated carbocycles. The number of amides is 2. The second-order valence-electron chi connectivity index (χ2n) is 7.69. The summed E-state index contributed by atoms with van der Waals surface area (Å²) >= 11 is 1.34. The first-order chi connectivity index (χ1) is 17.0. The largest absolute Gasteiger partial charge is 0.497 e. The van der Waals surface area contributed by atoms with Gasteiger partial charge in [-0.25, -0.2) is 4.98 Å². The lowest BCUT2D eigenvalue weighted by Crippen LogP contribution is -2.15. The van der Waals surface area contributed by atoms with Crippen LogP contribution in [0.25, 0.3) is 22.0 Å². The molecular weight excluding hydrogens is 462 g/mol. The number of hydrogen-bond acceptors (Lipinski definition) is 6. The summed E-state index contributed by atoms with van der Waals surface area (Å²) in [5.41, 5.74) is 3.93. The number of carbonyl (C=O) groups is 2. The minimum absolute atomic E-state index is 0.143. The Morgan fingerprint density at radius 1 is 0.914 bits per heavy atom. The molecule has 0 aliphatic carbocycles. The summed E-state index contributed by atoms with van der Waals surface area (Å²) in [7, 11) is 3.15. The van der Waals surface area contributed by atoms with Crippen molar-refractivity contribution < 1.29 is 19.1 Å². The third-order valence-electron chi connectivity index (χ3n) is 5.22. The molecule has 2 N–H and O–H groups in total. The molecule has 0 atom stereocenters. The molecule has 0 fully saturated rings. The standard InChI is InChI=1S/C27H25N3O4S/c1-17(31)28-19-9-12-25(34-3)24(13-19)29-26(32)16-35-27-15-22(18-7-5-4-6-8-18)21-11-10-20(33-2)14-23(21)30-27/h4-15H,16H2,1-3H3,(H,28,31)(H,29,32). The first-order valence-corrected chi connectivity index (χ1v) is 11.9. The highest BCUT2D eigenvalue weighted by atomic mass is 32.2. The predicted molar refractivity (Wildman–Crippen MR) is 140 cm³/mol. The number of benzene rings is 3. The minimum atomic E-state index is -0.220. The zero-order chi connectivity index (χ0) is 24.8. The van der Waals surface area contributed by atoms with Gasteiger partial charge in [0.05, 0.1) is 36.2 Å². The van der Waals surface area contributed by atoms with Crippen LogP contribution in [0.1, 0.15) is 6.92 Å². The van der Waals surface area contributed by atoms with Crippen LogP contribution in [0.4, 0.5) is 11.4 Å². The third kappa shape index (κ3) is 5.91. The number of anilines is 2. The van der Waals surface area contributed by atoms with E-state index in [2.05, 4.69) is 22.8 Å². The normalized spacial score (nSPS) is 10.6. The van der Waals surface area contributed by atoms with Crippen LogP contribution in [0, 0.1) is 0 Å². The molecule has 0 saturated heterocycles. The quantitative estimate of drug-likeness (QED) is 0.314. The second-order valence-corrected chi connectivity index (χ2v) is 8.69. The van der Waals surface area contributed by atoms with Gasteiger partial charge in [0.25, 0.3) is 0 Å². The molecule has 0 aliphatic rings. The maximum atomic E-state index is 12.8. The predicted octanol–water partition coefficient (Wildman–Crippen LogP) is 5.61. The van der Waals surface area contributed by atoms with Crippen molar-refractivity contribution in [2.45, 2.75) is 11.9 Å². The lowest BCUT2D eigenvalue weighted by Gasteiger charge is -2.13. The van der Waals surface area contributed by atoms with E-state index in [0.29, 0.717) is 17.1 Å². The van der Waals surface area contributed by atoms with Crippen molar-refractivity contribution in [1.82, 2.24) is 4.98 Å². The molecule has 1 heterocycles. The van der Waals surface area contributed by atoms with Gasteiger partial charge in [-0.3, -0.25) is 9.59 Å². The van der Waals surface area contributed by atoms with E-state index in [9.17, 15) is 9.59 Å². The number of aromatic nitrogens is 1. The summed E-state index contributed by atoms with van der Waals surface area (Å²) in [6.07, 6.45) is 0. The number of hydrogen-bond donors (Lipinski definition) is 2. The number of nitrogens with one attached hydrogen (secondary N) is 2. The highest BCUT2D eigenvalue weighted by Gasteiger charge is 2.13. The smallest absolute Gasteiger partial charge is 0.234 e. The highest BCUT2D eigenvalue weighted by Crippen LogP contribution is 2.34. The average molecular weight is 488 g/mol. The zero-order valence-electron chi connectivity index (χ0n) is 19.6. The van der Waals surface area contributed by atoms with Crippen LogP contribution >= 0.6 is 11.8 Å². The van der Waals surface area contributed by atoms with Crippen LogP contribution in [0.3, 0.4) is 0 Å². The molecule has 4 rings (SSSR count). The van der Waals surface area contributed by atoms with Crippen molar-refractivity contribution in [3.05, 3.63) is 72.8 Å². The van der Waals surface area contributed by atoms with E-state index in [4.69, 9.17) is 14.5 Å². The molecule has 2 amide bonds. The first kappa shape index (κ1) is 24.1. The van der Waals surface area contributed by atoms with Crippen molar-refractivity contribution in [2.75, 3.05) is 30.6 Å². The van der Waals surface area contributed by atoms with E-state index >= 15 is 0 Å². The van der Waals surface area contributed by atoms with Crippen LogP contribution in [-0.4, -0.2) is 36.8 Å². The average Bonchev–Trinajstić information content (AvgIpc) is 2.87. The Hall–Kier alpha value is -4.04. The number of fused-ring (bicyclic) bond motifs is 1. The Morgan fingerprint density at radius 2 is 1.71 bits per heavy atom. The number of nitrogens with zero attached hydrogens (tertiary/aromatic N) is 1.